The Labute approximate surface area is 126 Å². The van der Waals surface area contributed by atoms with Gasteiger partial charge in [0.2, 0.25) is 0 Å². The number of nitrogens with two attached hydrogens (primary N) is 1. The molecular weight excluding hydrogens is 416 g/mol. The van der Waals surface area contributed by atoms with Gasteiger partial charge in [-0.3, -0.25) is 0 Å². The third kappa shape index (κ3) is 3.23. The van der Waals surface area contributed by atoms with E-state index in [1.54, 1.807) is 12.3 Å². The average Bonchev–Trinajstić information content (AvgIpc) is 2.25. The number of nitrogens with zero attached hydrogens (tertiary/aromatic N) is 1. The Kier molecular flexibility index (Phi) is 4.11. The number of halogens is 3. The first-order chi connectivity index (χ1) is 8.06. The second-order valence-electron chi connectivity index (χ2n) is 3.35. The fourth-order valence-electron chi connectivity index (χ4n) is 1.26. The molecule has 0 amide bonds. The zero-order valence-electron chi connectivity index (χ0n) is 8.55. The summed E-state index contributed by atoms with van der Waals surface area (Å²) in [6.07, 6.45) is 1.59. The lowest BCUT2D eigenvalue weighted by Crippen LogP contribution is -1.97. The minimum atomic E-state index is 0.608. The second-order valence-corrected chi connectivity index (χ2v) is 5.86. The molecular formula is C11H8BrClIN3. The van der Waals surface area contributed by atoms with Gasteiger partial charge in [-0.15, -0.1) is 0 Å². The number of anilines is 3. The van der Waals surface area contributed by atoms with Gasteiger partial charge in [0.15, 0.2) is 0 Å². The molecule has 2 rings (SSSR count). The van der Waals surface area contributed by atoms with Crippen LogP contribution in [-0.4, -0.2) is 4.98 Å². The van der Waals surface area contributed by atoms with Crippen molar-refractivity contribution in [2.75, 3.05) is 11.1 Å². The fraction of sp³-hybridized carbons (Fsp3) is 0. The molecule has 0 spiro atoms. The maximum atomic E-state index is 6.13. The fourth-order valence-corrected chi connectivity index (χ4v) is 2.63. The van der Waals surface area contributed by atoms with E-state index in [1.807, 2.05) is 18.2 Å². The van der Waals surface area contributed by atoms with Crippen molar-refractivity contribution < 1.29 is 0 Å². The minimum Gasteiger partial charge on any atom is -0.397 e. The SMILES string of the molecule is Nc1cnc(Nc2ccc(I)cc2Cl)c(Br)c1. The van der Waals surface area contributed by atoms with Crippen molar-refractivity contribution in [2.45, 2.75) is 0 Å². The summed E-state index contributed by atoms with van der Waals surface area (Å²) in [6.45, 7) is 0. The maximum absolute atomic E-state index is 6.13. The summed E-state index contributed by atoms with van der Waals surface area (Å²) in [6, 6.07) is 7.56. The Bertz CT molecular complexity index is 513. The monoisotopic (exact) mass is 423 g/mol. The van der Waals surface area contributed by atoms with Crippen LogP contribution in [0, 0.1) is 3.57 Å². The predicted molar refractivity (Wildman–Crippen MR) is 83.8 cm³/mol. The standard InChI is InChI=1S/C11H8BrClIN3/c12-8-4-7(15)5-16-11(8)17-10-2-1-6(14)3-9(10)13/h1-5H,15H2,(H,16,17). The molecule has 0 aliphatic carbocycles. The molecule has 3 N–H and O–H groups in total. The van der Waals surface area contributed by atoms with Gasteiger partial charge in [0, 0.05) is 3.57 Å². The number of hydrogen-bond acceptors (Lipinski definition) is 3. The summed E-state index contributed by atoms with van der Waals surface area (Å²) in [7, 11) is 0. The molecule has 1 aromatic heterocycles. The molecule has 3 nitrogen and oxygen atoms in total. The number of nitrogen functional groups attached to an aromatic ring is 1. The quantitative estimate of drug-likeness (QED) is 0.702. The smallest absolute Gasteiger partial charge is 0.144 e. The molecule has 17 heavy (non-hydrogen) atoms. The van der Waals surface area contributed by atoms with Gasteiger partial charge in [-0.1, -0.05) is 11.6 Å². The van der Waals surface area contributed by atoms with Gasteiger partial charge in [0.05, 0.1) is 27.1 Å². The highest BCUT2D eigenvalue weighted by Gasteiger charge is 2.05. The first kappa shape index (κ1) is 12.9. The largest absolute Gasteiger partial charge is 0.397 e. The minimum absolute atomic E-state index is 0.608. The number of aromatic nitrogens is 1. The lowest BCUT2D eigenvalue weighted by molar-refractivity contribution is 1.29. The van der Waals surface area contributed by atoms with Crippen LogP contribution in [0.4, 0.5) is 17.2 Å². The van der Waals surface area contributed by atoms with Crippen molar-refractivity contribution >= 4 is 67.3 Å². The van der Waals surface area contributed by atoms with Gasteiger partial charge in [-0.25, -0.2) is 4.98 Å². The molecule has 1 aromatic carbocycles. The molecule has 0 saturated carbocycles. The van der Waals surface area contributed by atoms with Crippen LogP contribution in [0.5, 0.6) is 0 Å². The van der Waals surface area contributed by atoms with E-state index in [1.165, 1.54) is 0 Å². The maximum Gasteiger partial charge on any atom is 0.144 e. The van der Waals surface area contributed by atoms with E-state index in [4.69, 9.17) is 17.3 Å². The van der Waals surface area contributed by atoms with Crippen LogP contribution in [0.1, 0.15) is 0 Å². The average molecular weight is 424 g/mol. The van der Waals surface area contributed by atoms with Crippen LogP contribution < -0.4 is 11.1 Å². The Balaban J connectivity index is 2.31. The van der Waals surface area contributed by atoms with E-state index in [0.717, 1.165) is 13.7 Å². The van der Waals surface area contributed by atoms with Gasteiger partial charge in [0.25, 0.3) is 0 Å². The molecule has 88 valence electrons. The Hall–Kier alpha value is -0.530. The normalized spacial score (nSPS) is 10.3. The molecule has 0 atom stereocenters. The summed E-state index contributed by atoms with van der Waals surface area (Å²) in [5, 5.41) is 3.80. The van der Waals surface area contributed by atoms with Gasteiger partial charge in [0.1, 0.15) is 5.82 Å². The third-order valence-corrected chi connectivity index (χ3v) is 3.63. The number of nitrogens with one attached hydrogen (secondary N) is 1. The van der Waals surface area contributed by atoms with Crippen LogP contribution in [0.3, 0.4) is 0 Å². The molecule has 0 unspecified atom stereocenters. The molecule has 2 aromatic rings. The van der Waals surface area contributed by atoms with Gasteiger partial charge in [-0.2, -0.15) is 0 Å². The molecule has 0 radical (unpaired) electrons. The number of hydrogen-bond donors (Lipinski definition) is 2. The molecule has 0 fully saturated rings. The van der Waals surface area contributed by atoms with Gasteiger partial charge < -0.3 is 11.1 Å². The van der Waals surface area contributed by atoms with Crippen molar-refractivity contribution in [3.63, 3.8) is 0 Å². The van der Waals surface area contributed by atoms with Crippen LogP contribution in [0.25, 0.3) is 0 Å². The number of benzene rings is 1. The zero-order valence-corrected chi connectivity index (χ0v) is 13.0. The highest BCUT2D eigenvalue weighted by Crippen LogP contribution is 2.30. The third-order valence-electron chi connectivity index (χ3n) is 2.05. The van der Waals surface area contributed by atoms with E-state index in [2.05, 4.69) is 48.8 Å². The Morgan fingerprint density at radius 2 is 2.12 bits per heavy atom. The van der Waals surface area contributed by atoms with Crippen molar-refractivity contribution in [3.8, 4) is 0 Å². The van der Waals surface area contributed by atoms with E-state index < -0.39 is 0 Å². The van der Waals surface area contributed by atoms with Crippen LogP contribution in [-0.2, 0) is 0 Å². The first-order valence-electron chi connectivity index (χ1n) is 4.69. The molecule has 1 heterocycles. The Morgan fingerprint density at radius 1 is 1.35 bits per heavy atom. The van der Waals surface area contributed by atoms with Crippen molar-refractivity contribution in [2.24, 2.45) is 0 Å². The molecule has 0 aliphatic heterocycles. The molecule has 6 heteroatoms. The lowest BCUT2D eigenvalue weighted by atomic mass is 10.3. The molecule has 0 aliphatic rings. The summed E-state index contributed by atoms with van der Waals surface area (Å²) in [4.78, 5) is 4.19. The summed E-state index contributed by atoms with van der Waals surface area (Å²) >= 11 is 11.7. The van der Waals surface area contributed by atoms with Crippen molar-refractivity contribution in [1.82, 2.24) is 4.98 Å². The van der Waals surface area contributed by atoms with E-state index in [0.29, 0.717) is 16.5 Å². The number of pyridine rings is 1. The lowest BCUT2D eigenvalue weighted by Gasteiger charge is -2.09. The van der Waals surface area contributed by atoms with Gasteiger partial charge >= 0.3 is 0 Å². The zero-order chi connectivity index (χ0) is 12.4. The van der Waals surface area contributed by atoms with Crippen molar-refractivity contribution in [3.05, 3.63) is 43.5 Å². The molecule has 0 bridgehead atoms. The summed E-state index contributed by atoms with van der Waals surface area (Å²) in [5.74, 6) is 0.683. The first-order valence-corrected chi connectivity index (χ1v) is 6.94. The van der Waals surface area contributed by atoms with E-state index in [9.17, 15) is 0 Å². The summed E-state index contributed by atoms with van der Waals surface area (Å²) < 4.78 is 1.88. The van der Waals surface area contributed by atoms with Crippen LogP contribution in [0.2, 0.25) is 5.02 Å². The molecule has 0 saturated heterocycles. The second kappa shape index (κ2) is 5.41. The topological polar surface area (TPSA) is 50.9 Å². The van der Waals surface area contributed by atoms with E-state index >= 15 is 0 Å². The van der Waals surface area contributed by atoms with E-state index in [-0.39, 0.29) is 0 Å². The highest BCUT2D eigenvalue weighted by molar-refractivity contribution is 14.1. The van der Waals surface area contributed by atoms with Crippen LogP contribution >= 0.6 is 50.1 Å². The number of rotatable bonds is 2. The highest BCUT2D eigenvalue weighted by atomic mass is 127. The predicted octanol–water partition coefficient (Wildman–Crippen LogP) is 4.43. The van der Waals surface area contributed by atoms with Crippen LogP contribution in [0.15, 0.2) is 34.9 Å². The Morgan fingerprint density at radius 3 is 2.76 bits per heavy atom. The van der Waals surface area contributed by atoms with Crippen molar-refractivity contribution in [1.29, 1.82) is 0 Å². The summed E-state index contributed by atoms with van der Waals surface area (Å²) in [5.41, 5.74) is 7.04. The van der Waals surface area contributed by atoms with Gasteiger partial charge in [-0.05, 0) is 62.8 Å².